The highest BCUT2D eigenvalue weighted by Crippen LogP contribution is 2.39. The van der Waals surface area contributed by atoms with Gasteiger partial charge in [-0.15, -0.1) is 12.4 Å². The first kappa shape index (κ1) is 13.2. The SMILES string of the molecule is Cl.NC1(c2noc(-c3ccc4c(c3)OCO4)n2)CCC1. The summed E-state index contributed by atoms with van der Waals surface area (Å²) in [5, 5.41) is 4.00. The van der Waals surface area contributed by atoms with E-state index in [0.717, 1.165) is 30.6 Å². The molecule has 106 valence electrons. The molecule has 4 rings (SSSR count). The Balaban J connectivity index is 0.00000121. The third kappa shape index (κ3) is 1.92. The van der Waals surface area contributed by atoms with Crippen LogP contribution in [0.4, 0.5) is 0 Å². The molecule has 0 bridgehead atoms. The third-order valence-corrected chi connectivity index (χ3v) is 3.74. The van der Waals surface area contributed by atoms with Gasteiger partial charge in [-0.25, -0.2) is 0 Å². The number of rotatable bonds is 2. The highest BCUT2D eigenvalue weighted by Gasteiger charge is 2.39. The molecule has 20 heavy (non-hydrogen) atoms. The Morgan fingerprint density at radius 1 is 1.15 bits per heavy atom. The summed E-state index contributed by atoms with van der Waals surface area (Å²) in [6.45, 7) is 0.250. The van der Waals surface area contributed by atoms with Crippen LogP contribution in [0.15, 0.2) is 22.7 Å². The zero-order valence-electron chi connectivity index (χ0n) is 10.7. The average molecular weight is 296 g/mol. The van der Waals surface area contributed by atoms with Gasteiger partial charge in [0.15, 0.2) is 17.3 Å². The van der Waals surface area contributed by atoms with E-state index in [1.807, 2.05) is 18.2 Å². The lowest BCUT2D eigenvalue weighted by Gasteiger charge is -2.34. The Morgan fingerprint density at radius 2 is 1.95 bits per heavy atom. The molecule has 0 spiro atoms. The maximum atomic E-state index is 6.18. The van der Waals surface area contributed by atoms with Crippen LogP contribution in [0.2, 0.25) is 0 Å². The van der Waals surface area contributed by atoms with E-state index in [0.29, 0.717) is 17.5 Å². The normalized spacial score (nSPS) is 18.2. The minimum Gasteiger partial charge on any atom is -0.454 e. The van der Waals surface area contributed by atoms with E-state index in [4.69, 9.17) is 19.7 Å². The van der Waals surface area contributed by atoms with Crippen LogP contribution in [0.1, 0.15) is 25.1 Å². The molecule has 0 saturated heterocycles. The zero-order chi connectivity index (χ0) is 12.9. The summed E-state index contributed by atoms with van der Waals surface area (Å²) < 4.78 is 15.9. The molecule has 7 heteroatoms. The van der Waals surface area contributed by atoms with Crippen molar-refractivity contribution in [1.82, 2.24) is 10.1 Å². The van der Waals surface area contributed by atoms with Crippen molar-refractivity contribution in [3.8, 4) is 23.0 Å². The number of benzene rings is 1. The smallest absolute Gasteiger partial charge is 0.258 e. The molecule has 2 heterocycles. The zero-order valence-corrected chi connectivity index (χ0v) is 11.5. The second kappa shape index (κ2) is 4.64. The van der Waals surface area contributed by atoms with Crippen molar-refractivity contribution in [2.24, 2.45) is 5.73 Å². The van der Waals surface area contributed by atoms with Crippen molar-refractivity contribution in [2.75, 3.05) is 6.79 Å². The van der Waals surface area contributed by atoms with Gasteiger partial charge in [-0.2, -0.15) is 4.98 Å². The predicted molar refractivity (Wildman–Crippen MR) is 72.8 cm³/mol. The quantitative estimate of drug-likeness (QED) is 0.914. The molecule has 0 unspecified atom stereocenters. The summed E-state index contributed by atoms with van der Waals surface area (Å²) in [6, 6.07) is 5.54. The van der Waals surface area contributed by atoms with Crippen molar-refractivity contribution in [1.29, 1.82) is 0 Å². The van der Waals surface area contributed by atoms with E-state index >= 15 is 0 Å². The summed E-state index contributed by atoms with van der Waals surface area (Å²) >= 11 is 0. The number of nitrogens with two attached hydrogens (primary N) is 1. The van der Waals surface area contributed by atoms with Gasteiger partial charge < -0.3 is 19.7 Å². The van der Waals surface area contributed by atoms with Crippen molar-refractivity contribution in [3.63, 3.8) is 0 Å². The molecule has 0 amide bonds. The first-order valence-corrected chi connectivity index (χ1v) is 6.28. The van der Waals surface area contributed by atoms with Gasteiger partial charge in [0.25, 0.3) is 5.89 Å². The van der Waals surface area contributed by atoms with Gasteiger partial charge in [-0.1, -0.05) is 5.16 Å². The Bertz CT molecular complexity index is 640. The molecule has 1 fully saturated rings. The van der Waals surface area contributed by atoms with Gasteiger partial charge in [0, 0.05) is 5.56 Å². The molecule has 6 nitrogen and oxygen atoms in total. The predicted octanol–water partition coefficient (Wildman–Crippen LogP) is 2.22. The molecule has 1 aliphatic heterocycles. The van der Waals surface area contributed by atoms with Gasteiger partial charge in [0.05, 0.1) is 5.54 Å². The van der Waals surface area contributed by atoms with Gasteiger partial charge in [-0.05, 0) is 37.5 Å². The molecule has 2 N–H and O–H groups in total. The Kier molecular flexibility index (Phi) is 3.07. The van der Waals surface area contributed by atoms with Crippen LogP contribution in [0.25, 0.3) is 11.5 Å². The molecule has 0 radical (unpaired) electrons. The van der Waals surface area contributed by atoms with Crippen molar-refractivity contribution >= 4 is 12.4 Å². The fraction of sp³-hybridized carbons (Fsp3) is 0.385. The largest absolute Gasteiger partial charge is 0.454 e. The van der Waals surface area contributed by atoms with Crippen LogP contribution in [-0.4, -0.2) is 16.9 Å². The minimum atomic E-state index is -0.405. The van der Waals surface area contributed by atoms with E-state index < -0.39 is 5.54 Å². The van der Waals surface area contributed by atoms with Crippen molar-refractivity contribution < 1.29 is 14.0 Å². The highest BCUT2D eigenvalue weighted by atomic mass is 35.5. The molecule has 1 saturated carbocycles. The molecule has 2 aromatic rings. The van der Waals surface area contributed by atoms with Crippen molar-refractivity contribution in [2.45, 2.75) is 24.8 Å². The van der Waals surface area contributed by atoms with E-state index in [-0.39, 0.29) is 19.2 Å². The lowest BCUT2D eigenvalue weighted by atomic mass is 9.77. The van der Waals surface area contributed by atoms with E-state index in [9.17, 15) is 0 Å². The lowest BCUT2D eigenvalue weighted by molar-refractivity contribution is 0.174. The minimum absolute atomic E-state index is 0. The van der Waals surface area contributed by atoms with Gasteiger partial charge in [-0.3, -0.25) is 0 Å². The fourth-order valence-electron chi connectivity index (χ4n) is 2.35. The summed E-state index contributed by atoms with van der Waals surface area (Å²) in [4.78, 5) is 4.40. The third-order valence-electron chi connectivity index (χ3n) is 3.74. The number of halogens is 1. The number of ether oxygens (including phenoxy) is 2. The monoisotopic (exact) mass is 295 g/mol. The number of aromatic nitrogens is 2. The summed E-state index contributed by atoms with van der Waals surface area (Å²) in [5.74, 6) is 2.48. The first-order chi connectivity index (χ1) is 9.24. The Labute approximate surface area is 121 Å². The molecule has 1 aromatic carbocycles. The Hall–Kier alpha value is -1.79. The average Bonchev–Trinajstić information content (AvgIpc) is 3.03. The van der Waals surface area contributed by atoms with Crippen molar-refractivity contribution in [3.05, 3.63) is 24.0 Å². The summed E-state index contributed by atoms with van der Waals surface area (Å²) in [6.07, 6.45) is 2.94. The van der Waals surface area contributed by atoms with E-state index in [1.165, 1.54) is 0 Å². The fourth-order valence-corrected chi connectivity index (χ4v) is 2.35. The van der Waals surface area contributed by atoms with Crippen LogP contribution in [0, 0.1) is 0 Å². The number of nitrogens with zero attached hydrogens (tertiary/aromatic N) is 2. The molecular weight excluding hydrogens is 282 g/mol. The van der Waals surface area contributed by atoms with Gasteiger partial charge >= 0.3 is 0 Å². The maximum Gasteiger partial charge on any atom is 0.258 e. The number of fused-ring (bicyclic) bond motifs is 1. The standard InChI is InChI=1S/C13H13N3O3.ClH/c14-13(4-1-5-13)12-15-11(19-16-12)8-2-3-9-10(6-8)18-7-17-9;/h2-3,6H,1,4-5,7,14H2;1H. The molecule has 1 aliphatic carbocycles. The summed E-state index contributed by atoms with van der Waals surface area (Å²) in [5.41, 5.74) is 6.58. The number of hydrogen-bond acceptors (Lipinski definition) is 6. The van der Waals surface area contributed by atoms with Gasteiger partial charge in [0.2, 0.25) is 6.79 Å². The highest BCUT2D eigenvalue weighted by molar-refractivity contribution is 5.85. The first-order valence-electron chi connectivity index (χ1n) is 6.28. The van der Waals surface area contributed by atoms with Crippen LogP contribution in [0.3, 0.4) is 0 Å². The molecule has 0 atom stereocenters. The van der Waals surface area contributed by atoms with Crippen LogP contribution < -0.4 is 15.2 Å². The van der Waals surface area contributed by atoms with Crippen LogP contribution >= 0.6 is 12.4 Å². The van der Waals surface area contributed by atoms with Crippen LogP contribution in [-0.2, 0) is 5.54 Å². The topological polar surface area (TPSA) is 83.4 Å². The van der Waals surface area contributed by atoms with E-state index in [1.54, 1.807) is 0 Å². The maximum absolute atomic E-state index is 6.18. The van der Waals surface area contributed by atoms with E-state index in [2.05, 4.69) is 10.1 Å². The second-order valence-corrected chi connectivity index (χ2v) is 5.00. The molecule has 2 aliphatic rings. The van der Waals surface area contributed by atoms with Crippen LogP contribution in [0.5, 0.6) is 11.5 Å². The number of hydrogen-bond donors (Lipinski definition) is 1. The lowest BCUT2D eigenvalue weighted by Crippen LogP contribution is -2.44. The Morgan fingerprint density at radius 3 is 2.70 bits per heavy atom. The molecule has 1 aromatic heterocycles. The summed E-state index contributed by atoms with van der Waals surface area (Å²) in [7, 11) is 0. The van der Waals surface area contributed by atoms with Gasteiger partial charge in [0.1, 0.15) is 0 Å². The molecular formula is C13H14ClN3O3. The second-order valence-electron chi connectivity index (χ2n) is 5.00.